The van der Waals surface area contributed by atoms with Crippen LogP contribution in [0.3, 0.4) is 0 Å². The minimum atomic E-state index is -4.40. The van der Waals surface area contributed by atoms with Crippen molar-refractivity contribution >= 4 is 28.1 Å². The maximum absolute atomic E-state index is 13.2. The van der Waals surface area contributed by atoms with E-state index in [1.807, 2.05) is 0 Å². The van der Waals surface area contributed by atoms with Crippen LogP contribution in [0.4, 0.5) is 27.9 Å². The molecule has 0 amide bonds. The van der Waals surface area contributed by atoms with Crippen LogP contribution < -0.4 is 5.43 Å². The number of nitrogens with zero attached hydrogens (tertiary/aromatic N) is 5. The second kappa shape index (κ2) is 8.64. The SMILES string of the molecule is FC(F)c1cc(-c2ccc(Br)cc2)nc(N/N=C/c2ccn(CC(F)(F)F)n2)n1. The standard InChI is InChI=1S/C17H12BrF5N6/c18-11-3-1-10(2-4-11)13-7-14(15(19)20)26-16(25-13)27-24-8-12-5-6-29(28-12)9-17(21,22)23/h1-8,15H,9H2,(H,25,26,27)/b24-8+. The molecular weight excluding hydrogens is 463 g/mol. The highest BCUT2D eigenvalue weighted by atomic mass is 79.9. The number of benzene rings is 1. The molecule has 1 N–H and O–H groups in total. The molecule has 6 nitrogen and oxygen atoms in total. The fraction of sp³-hybridized carbons (Fsp3) is 0.176. The molecule has 0 fully saturated rings. The number of alkyl halides is 5. The van der Waals surface area contributed by atoms with Crippen LogP contribution in [0.1, 0.15) is 17.8 Å². The van der Waals surface area contributed by atoms with Crippen molar-refractivity contribution in [3.63, 3.8) is 0 Å². The average Bonchev–Trinajstić information content (AvgIpc) is 3.07. The number of aromatic nitrogens is 4. The molecule has 0 aliphatic carbocycles. The highest BCUT2D eigenvalue weighted by Gasteiger charge is 2.28. The first kappa shape index (κ1) is 20.8. The molecule has 0 saturated carbocycles. The molecule has 2 aromatic heterocycles. The molecule has 1 aromatic carbocycles. The summed E-state index contributed by atoms with van der Waals surface area (Å²) in [6, 6.07) is 9.36. The zero-order chi connectivity index (χ0) is 21.0. The number of rotatable bonds is 6. The smallest absolute Gasteiger partial charge is 0.263 e. The van der Waals surface area contributed by atoms with Crippen molar-refractivity contribution < 1.29 is 22.0 Å². The third-order valence-corrected chi connectivity index (χ3v) is 4.00. The van der Waals surface area contributed by atoms with E-state index >= 15 is 0 Å². The molecule has 0 saturated heterocycles. The lowest BCUT2D eigenvalue weighted by atomic mass is 10.1. The van der Waals surface area contributed by atoms with Gasteiger partial charge in [-0.3, -0.25) is 4.68 Å². The van der Waals surface area contributed by atoms with Gasteiger partial charge in [0, 0.05) is 16.2 Å². The minimum Gasteiger partial charge on any atom is -0.263 e. The van der Waals surface area contributed by atoms with Crippen LogP contribution in [0.2, 0.25) is 0 Å². The maximum Gasteiger partial charge on any atom is 0.408 e. The summed E-state index contributed by atoms with van der Waals surface area (Å²) >= 11 is 3.29. The van der Waals surface area contributed by atoms with E-state index in [1.54, 1.807) is 24.3 Å². The molecule has 3 rings (SSSR count). The summed E-state index contributed by atoms with van der Waals surface area (Å²) in [6.45, 7) is -1.23. The summed E-state index contributed by atoms with van der Waals surface area (Å²) in [4.78, 5) is 7.83. The quantitative estimate of drug-likeness (QED) is 0.308. The van der Waals surface area contributed by atoms with Gasteiger partial charge < -0.3 is 0 Å². The fourth-order valence-electron chi connectivity index (χ4n) is 2.27. The van der Waals surface area contributed by atoms with Gasteiger partial charge >= 0.3 is 6.18 Å². The van der Waals surface area contributed by atoms with E-state index in [-0.39, 0.29) is 17.3 Å². The molecule has 0 aliphatic rings. The maximum atomic E-state index is 13.2. The van der Waals surface area contributed by atoms with E-state index in [4.69, 9.17) is 0 Å². The fourth-order valence-corrected chi connectivity index (χ4v) is 2.53. The molecule has 2 heterocycles. The van der Waals surface area contributed by atoms with Crippen molar-refractivity contribution in [2.24, 2.45) is 5.10 Å². The Hall–Kier alpha value is -2.89. The van der Waals surface area contributed by atoms with Crippen LogP contribution in [0.5, 0.6) is 0 Å². The van der Waals surface area contributed by atoms with Gasteiger partial charge in [0.05, 0.1) is 11.9 Å². The highest BCUT2D eigenvalue weighted by molar-refractivity contribution is 9.10. The lowest BCUT2D eigenvalue weighted by Gasteiger charge is -2.07. The Bertz CT molecular complexity index is 1000. The van der Waals surface area contributed by atoms with Crippen LogP contribution in [0, 0.1) is 0 Å². The molecule has 29 heavy (non-hydrogen) atoms. The summed E-state index contributed by atoms with van der Waals surface area (Å²) in [5.41, 5.74) is 2.90. The lowest BCUT2D eigenvalue weighted by Crippen LogP contribution is -2.18. The molecule has 152 valence electrons. The van der Waals surface area contributed by atoms with Gasteiger partial charge in [0.25, 0.3) is 6.43 Å². The van der Waals surface area contributed by atoms with Crippen LogP contribution in [0.25, 0.3) is 11.3 Å². The molecule has 0 aliphatic heterocycles. The van der Waals surface area contributed by atoms with Crippen molar-refractivity contribution in [1.82, 2.24) is 19.7 Å². The van der Waals surface area contributed by atoms with Crippen LogP contribution in [0.15, 0.2) is 52.2 Å². The molecule has 0 radical (unpaired) electrons. The Kier molecular flexibility index (Phi) is 6.20. The summed E-state index contributed by atoms with van der Waals surface area (Å²) in [6.07, 6.45) is -4.94. The van der Waals surface area contributed by atoms with E-state index in [0.717, 1.165) is 16.9 Å². The zero-order valence-electron chi connectivity index (χ0n) is 14.4. The van der Waals surface area contributed by atoms with Crippen molar-refractivity contribution in [1.29, 1.82) is 0 Å². The molecule has 0 unspecified atom stereocenters. The van der Waals surface area contributed by atoms with E-state index in [0.29, 0.717) is 10.2 Å². The summed E-state index contributed by atoms with van der Waals surface area (Å²) in [7, 11) is 0. The zero-order valence-corrected chi connectivity index (χ0v) is 16.0. The van der Waals surface area contributed by atoms with Crippen molar-refractivity contribution in [3.8, 4) is 11.3 Å². The first-order valence-electron chi connectivity index (χ1n) is 8.02. The largest absolute Gasteiger partial charge is 0.408 e. The number of hydrazone groups is 1. The number of nitrogens with one attached hydrogen (secondary N) is 1. The van der Waals surface area contributed by atoms with Crippen molar-refractivity contribution in [2.75, 3.05) is 5.43 Å². The van der Waals surface area contributed by atoms with Gasteiger partial charge in [0.1, 0.15) is 17.9 Å². The van der Waals surface area contributed by atoms with Gasteiger partial charge in [-0.05, 0) is 24.3 Å². The van der Waals surface area contributed by atoms with Gasteiger partial charge in [0.2, 0.25) is 5.95 Å². The lowest BCUT2D eigenvalue weighted by molar-refractivity contribution is -0.142. The molecule has 0 atom stereocenters. The normalized spacial score (nSPS) is 12.1. The van der Waals surface area contributed by atoms with Crippen LogP contribution in [-0.4, -0.2) is 32.1 Å². The first-order chi connectivity index (χ1) is 13.7. The molecule has 0 spiro atoms. The van der Waals surface area contributed by atoms with Gasteiger partial charge in [-0.1, -0.05) is 28.1 Å². The first-order valence-corrected chi connectivity index (χ1v) is 8.81. The van der Waals surface area contributed by atoms with E-state index in [9.17, 15) is 22.0 Å². The van der Waals surface area contributed by atoms with E-state index in [1.165, 1.54) is 12.1 Å². The third-order valence-electron chi connectivity index (χ3n) is 3.47. The second-order valence-corrected chi connectivity index (χ2v) is 6.65. The van der Waals surface area contributed by atoms with E-state index in [2.05, 4.69) is 41.5 Å². The summed E-state index contributed by atoms with van der Waals surface area (Å²) in [5.74, 6) is -0.188. The number of hydrogen-bond acceptors (Lipinski definition) is 5. The summed E-state index contributed by atoms with van der Waals surface area (Å²) < 4.78 is 64.9. The highest BCUT2D eigenvalue weighted by Crippen LogP contribution is 2.25. The Balaban J connectivity index is 1.78. The Labute approximate surface area is 169 Å². The second-order valence-electron chi connectivity index (χ2n) is 5.73. The number of anilines is 1. The minimum absolute atomic E-state index is 0.139. The van der Waals surface area contributed by atoms with Gasteiger partial charge in [-0.15, -0.1) is 0 Å². The van der Waals surface area contributed by atoms with Gasteiger partial charge in [-0.25, -0.2) is 24.2 Å². The Morgan fingerprint density at radius 3 is 2.52 bits per heavy atom. The predicted molar refractivity (Wildman–Crippen MR) is 99.6 cm³/mol. The summed E-state index contributed by atoms with van der Waals surface area (Å²) in [5, 5.41) is 7.45. The Morgan fingerprint density at radius 2 is 1.86 bits per heavy atom. The van der Waals surface area contributed by atoms with Gasteiger partial charge in [0.15, 0.2) is 0 Å². The number of hydrogen-bond donors (Lipinski definition) is 1. The third kappa shape index (κ3) is 6.04. The average molecular weight is 475 g/mol. The van der Waals surface area contributed by atoms with E-state index < -0.39 is 24.8 Å². The molecule has 3 aromatic rings. The Morgan fingerprint density at radius 1 is 1.14 bits per heavy atom. The topological polar surface area (TPSA) is 68.0 Å². The molecule has 0 bridgehead atoms. The predicted octanol–water partition coefficient (Wildman–Crippen LogP) is 5.05. The van der Waals surface area contributed by atoms with Crippen LogP contribution >= 0.6 is 15.9 Å². The number of halogens is 6. The van der Waals surface area contributed by atoms with Gasteiger partial charge in [-0.2, -0.15) is 23.4 Å². The van der Waals surface area contributed by atoms with Crippen molar-refractivity contribution in [2.45, 2.75) is 19.1 Å². The van der Waals surface area contributed by atoms with Crippen LogP contribution in [-0.2, 0) is 6.54 Å². The monoisotopic (exact) mass is 474 g/mol. The molecule has 12 heteroatoms. The molecular formula is C17H12BrF5N6. The van der Waals surface area contributed by atoms with Crippen molar-refractivity contribution in [3.05, 3.63) is 58.5 Å².